The number of carbonyl (C=O) groups is 1. The van der Waals surface area contributed by atoms with Crippen molar-refractivity contribution in [2.75, 3.05) is 17.2 Å². The number of amides is 2. The molecule has 0 fully saturated rings. The Kier molecular flexibility index (Phi) is 7.12. The van der Waals surface area contributed by atoms with E-state index in [9.17, 15) is 14.0 Å². The lowest BCUT2D eigenvalue weighted by atomic mass is 10.1. The van der Waals surface area contributed by atoms with E-state index < -0.39 is 0 Å². The van der Waals surface area contributed by atoms with E-state index in [1.807, 2.05) is 30.3 Å². The van der Waals surface area contributed by atoms with Crippen LogP contribution in [0.25, 0.3) is 5.69 Å². The predicted molar refractivity (Wildman–Crippen MR) is 143 cm³/mol. The van der Waals surface area contributed by atoms with Gasteiger partial charge in [-0.2, -0.15) is 0 Å². The molecule has 10 heteroatoms. The van der Waals surface area contributed by atoms with Crippen molar-refractivity contribution in [3.8, 4) is 5.69 Å². The van der Waals surface area contributed by atoms with Gasteiger partial charge in [0, 0.05) is 24.5 Å². The van der Waals surface area contributed by atoms with Gasteiger partial charge in [0.25, 0.3) is 5.56 Å². The van der Waals surface area contributed by atoms with Crippen LogP contribution in [0.15, 0.2) is 77.6 Å². The number of hydrogen-bond donors (Lipinski definition) is 2. The maximum atomic E-state index is 13.7. The van der Waals surface area contributed by atoms with Gasteiger partial charge in [-0.3, -0.25) is 4.79 Å². The molecule has 0 bridgehead atoms. The van der Waals surface area contributed by atoms with Crippen molar-refractivity contribution in [1.29, 1.82) is 0 Å². The summed E-state index contributed by atoms with van der Waals surface area (Å²) in [7, 11) is 0. The molecule has 2 amide bonds. The summed E-state index contributed by atoms with van der Waals surface area (Å²) in [5.74, 6) is 0.0638. The number of hydrogen-bond acceptors (Lipinski definition) is 4. The van der Waals surface area contributed by atoms with Crippen molar-refractivity contribution < 1.29 is 9.18 Å². The van der Waals surface area contributed by atoms with E-state index in [0.29, 0.717) is 58.1 Å². The van der Waals surface area contributed by atoms with Crippen LogP contribution in [0.1, 0.15) is 16.8 Å². The number of aromatic nitrogens is 2. The van der Waals surface area contributed by atoms with Crippen LogP contribution < -0.4 is 16.2 Å². The quantitative estimate of drug-likeness (QED) is 0.333. The minimum Gasteiger partial charge on any atom is -0.351 e. The number of nitrogens with zero attached hydrogens (tertiary/aromatic N) is 3. The topological polar surface area (TPSA) is 79.3 Å². The molecule has 3 aromatic carbocycles. The van der Waals surface area contributed by atoms with Gasteiger partial charge in [0.2, 0.25) is 5.95 Å². The lowest BCUT2D eigenvalue weighted by Crippen LogP contribution is -2.43. The van der Waals surface area contributed by atoms with E-state index in [2.05, 4.69) is 10.6 Å². The molecule has 2 N–H and O–H groups in total. The Morgan fingerprint density at radius 2 is 1.78 bits per heavy atom. The number of nitrogens with one attached hydrogen (secondary N) is 2. The Morgan fingerprint density at radius 3 is 2.51 bits per heavy atom. The number of carbonyl (C=O) groups excluding carboxylic acids is 1. The lowest BCUT2D eigenvalue weighted by Gasteiger charge is -2.29. The second-order valence-corrected chi connectivity index (χ2v) is 9.39. The van der Waals surface area contributed by atoms with E-state index in [0.717, 1.165) is 5.56 Å². The average molecular weight is 538 g/mol. The molecule has 2 heterocycles. The molecule has 5 rings (SSSR count). The van der Waals surface area contributed by atoms with Crippen molar-refractivity contribution in [2.45, 2.75) is 19.5 Å². The zero-order valence-corrected chi connectivity index (χ0v) is 21.1. The first-order valence-electron chi connectivity index (χ1n) is 11.6. The first-order valence-corrected chi connectivity index (χ1v) is 12.3. The highest BCUT2D eigenvalue weighted by Gasteiger charge is 2.27. The molecule has 0 atom stereocenters. The van der Waals surface area contributed by atoms with Gasteiger partial charge in [0.15, 0.2) is 0 Å². The second kappa shape index (κ2) is 10.6. The molecule has 0 spiro atoms. The van der Waals surface area contributed by atoms with E-state index in [4.69, 9.17) is 28.2 Å². The summed E-state index contributed by atoms with van der Waals surface area (Å²) in [5.41, 5.74) is 2.73. The van der Waals surface area contributed by atoms with E-state index in [1.54, 1.807) is 35.2 Å². The average Bonchev–Trinajstić information content (AvgIpc) is 2.90. The standard InChI is InChI=1S/C27H22Cl2FN5O2/c28-18-8-11-24(22(29)14-18)33-27(37)34-13-12-23-21(16-34)25(36)35(20-4-2-1-3-5-20)26(32-23)31-15-17-6-9-19(30)10-7-17/h1-11,14H,12-13,15-16H2,(H,31,32)(H,33,37). The minimum absolute atomic E-state index is 0.100. The maximum Gasteiger partial charge on any atom is 0.322 e. The summed E-state index contributed by atoms with van der Waals surface area (Å²) in [4.78, 5) is 33.1. The monoisotopic (exact) mass is 537 g/mol. The van der Waals surface area contributed by atoms with Crippen molar-refractivity contribution in [2.24, 2.45) is 0 Å². The van der Waals surface area contributed by atoms with Crippen molar-refractivity contribution >= 4 is 40.9 Å². The predicted octanol–water partition coefficient (Wildman–Crippen LogP) is 5.88. The highest BCUT2D eigenvalue weighted by molar-refractivity contribution is 6.36. The third kappa shape index (κ3) is 5.45. The zero-order chi connectivity index (χ0) is 25.9. The van der Waals surface area contributed by atoms with Gasteiger partial charge in [-0.15, -0.1) is 0 Å². The van der Waals surface area contributed by atoms with Gasteiger partial charge in [-0.25, -0.2) is 18.7 Å². The van der Waals surface area contributed by atoms with Crippen LogP contribution in [0.2, 0.25) is 10.0 Å². The number of anilines is 2. The van der Waals surface area contributed by atoms with Crippen LogP contribution in [0.3, 0.4) is 0 Å². The Hall–Kier alpha value is -3.88. The Bertz CT molecular complexity index is 1510. The molecule has 188 valence electrons. The Morgan fingerprint density at radius 1 is 1.03 bits per heavy atom. The third-order valence-corrected chi connectivity index (χ3v) is 6.62. The molecule has 0 aliphatic carbocycles. The normalized spacial score (nSPS) is 12.7. The van der Waals surface area contributed by atoms with Crippen LogP contribution in [0.4, 0.5) is 20.8 Å². The molecule has 1 aliphatic rings. The SMILES string of the molecule is O=C(Nc1ccc(Cl)cc1Cl)N1CCc2nc(NCc3ccc(F)cc3)n(-c3ccccc3)c(=O)c2C1. The smallest absolute Gasteiger partial charge is 0.322 e. The number of benzene rings is 3. The summed E-state index contributed by atoms with van der Waals surface area (Å²) in [6.07, 6.45) is 0.410. The van der Waals surface area contributed by atoms with Crippen molar-refractivity contribution in [3.05, 3.63) is 116 Å². The fourth-order valence-electron chi connectivity index (χ4n) is 4.15. The van der Waals surface area contributed by atoms with Crippen LogP contribution >= 0.6 is 23.2 Å². The molecule has 37 heavy (non-hydrogen) atoms. The lowest BCUT2D eigenvalue weighted by molar-refractivity contribution is 0.205. The largest absolute Gasteiger partial charge is 0.351 e. The summed E-state index contributed by atoms with van der Waals surface area (Å²) in [6.45, 7) is 0.835. The molecular formula is C27H22Cl2FN5O2. The first-order chi connectivity index (χ1) is 17.9. The van der Waals surface area contributed by atoms with Crippen molar-refractivity contribution in [3.63, 3.8) is 0 Å². The van der Waals surface area contributed by atoms with E-state index in [-0.39, 0.29) is 24.0 Å². The van der Waals surface area contributed by atoms with Gasteiger partial charge in [0.05, 0.1) is 34.2 Å². The molecule has 0 saturated carbocycles. The highest BCUT2D eigenvalue weighted by atomic mass is 35.5. The summed E-state index contributed by atoms with van der Waals surface area (Å²) < 4.78 is 14.8. The molecule has 0 radical (unpaired) electrons. The summed E-state index contributed by atoms with van der Waals surface area (Å²) in [5, 5.41) is 6.80. The van der Waals surface area contributed by atoms with Crippen LogP contribution in [-0.4, -0.2) is 27.0 Å². The van der Waals surface area contributed by atoms with Crippen molar-refractivity contribution in [1.82, 2.24) is 14.5 Å². The Labute approximate surface area is 222 Å². The van der Waals surface area contributed by atoms with Gasteiger partial charge in [0.1, 0.15) is 5.82 Å². The summed E-state index contributed by atoms with van der Waals surface area (Å²) >= 11 is 12.1. The van der Waals surface area contributed by atoms with Gasteiger partial charge >= 0.3 is 6.03 Å². The first kappa shape index (κ1) is 24.8. The number of urea groups is 1. The molecule has 0 saturated heterocycles. The van der Waals surface area contributed by atoms with Gasteiger partial charge in [-0.05, 0) is 48.0 Å². The zero-order valence-electron chi connectivity index (χ0n) is 19.5. The van der Waals surface area contributed by atoms with Crippen LogP contribution in [-0.2, 0) is 19.5 Å². The fraction of sp³-hybridized carbons (Fsp3) is 0.148. The molecule has 1 aliphatic heterocycles. The number of halogens is 3. The number of rotatable bonds is 5. The second-order valence-electron chi connectivity index (χ2n) is 8.54. The molecule has 4 aromatic rings. The molecular weight excluding hydrogens is 516 g/mol. The maximum absolute atomic E-state index is 13.7. The fourth-order valence-corrected chi connectivity index (χ4v) is 4.61. The number of fused-ring (bicyclic) bond motifs is 1. The van der Waals surface area contributed by atoms with E-state index >= 15 is 0 Å². The number of para-hydroxylation sites is 1. The minimum atomic E-state index is -0.376. The van der Waals surface area contributed by atoms with Crippen LogP contribution in [0, 0.1) is 5.82 Å². The summed E-state index contributed by atoms with van der Waals surface area (Å²) in [6, 6.07) is 19.7. The van der Waals surface area contributed by atoms with Gasteiger partial charge in [-0.1, -0.05) is 53.5 Å². The van der Waals surface area contributed by atoms with Gasteiger partial charge < -0.3 is 15.5 Å². The highest BCUT2D eigenvalue weighted by Crippen LogP contribution is 2.26. The molecule has 0 unspecified atom stereocenters. The molecule has 1 aromatic heterocycles. The van der Waals surface area contributed by atoms with E-state index in [1.165, 1.54) is 16.7 Å². The van der Waals surface area contributed by atoms with Crippen LogP contribution in [0.5, 0.6) is 0 Å². The Balaban J connectivity index is 1.44. The third-order valence-electron chi connectivity index (χ3n) is 6.07. The molecule has 7 nitrogen and oxygen atoms in total.